The summed E-state index contributed by atoms with van der Waals surface area (Å²) in [7, 11) is 0. The van der Waals surface area contributed by atoms with E-state index in [0.717, 1.165) is 11.4 Å². The van der Waals surface area contributed by atoms with E-state index in [0.29, 0.717) is 0 Å². The molecule has 2 aliphatic rings. The summed E-state index contributed by atoms with van der Waals surface area (Å²) in [5.74, 6) is 0. The Kier molecular flexibility index (Phi) is 5.69. The Morgan fingerprint density at radius 2 is 0.896 bits per heavy atom. The normalized spacial score (nSPS) is 13.4. The van der Waals surface area contributed by atoms with E-state index in [1.807, 2.05) is 0 Å². The summed E-state index contributed by atoms with van der Waals surface area (Å²) in [6, 6.07) is 61.4. The Hall–Kier alpha value is -5.92. The first-order chi connectivity index (χ1) is 23.6. The second-order valence-electron chi connectivity index (χ2n) is 13.4. The highest BCUT2D eigenvalue weighted by molar-refractivity contribution is 6.16. The number of anilines is 3. The van der Waals surface area contributed by atoms with Crippen LogP contribution >= 0.6 is 0 Å². The molecule has 0 bridgehead atoms. The van der Waals surface area contributed by atoms with Gasteiger partial charge in [0.2, 0.25) is 0 Å². The van der Waals surface area contributed by atoms with E-state index < -0.39 is 5.41 Å². The lowest BCUT2D eigenvalue weighted by atomic mass is 9.70. The van der Waals surface area contributed by atoms with E-state index in [4.69, 9.17) is 0 Å². The molecule has 0 saturated carbocycles. The summed E-state index contributed by atoms with van der Waals surface area (Å²) < 4.78 is 0. The second kappa shape index (κ2) is 10.0. The van der Waals surface area contributed by atoms with Gasteiger partial charge < -0.3 is 4.90 Å². The van der Waals surface area contributed by atoms with Crippen molar-refractivity contribution < 1.29 is 0 Å². The number of benzene rings is 8. The van der Waals surface area contributed by atoms with Gasteiger partial charge in [-0.2, -0.15) is 0 Å². The molecule has 8 aromatic carbocycles. The van der Waals surface area contributed by atoms with Gasteiger partial charge in [-0.15, -0.1) is 0 Å². The first-order valence-corrected chi connectivity index (χ1v) is 16.9. The van der Waals surface area contributed by atoms with E-state index in [1.165, 1.54) is 82.9 Å². The number of hydrogen-bond acceptors (Lipinski definition) is 1. The van der Waals surface area contributed by atoms with Crippen molar-refractivity contribution in [1.82, 2.24) is 0 Å². The molecule has 226 valence electrons. The molecular weight excluding hydrogens is 579 g/mol. The summed E-state index contributed by atoms with van der Waals surface area (Å²) in [5.41, 5.74) is 16.3. The van der Waals surface area contributed by atoms with Gasteiger partial charge in [0.05, 0.1) is 11.1 Å². The van der Waals surface area contributed by atoms with Crippen molar-refractivity contribution in [3.8, 4) is 22.3 Å². The first kappa shape index (κ1) is 27.2. The summed E-state index contributed by atoms with van der Waals surface area (Å²) >= 11 is 0. The minimum Gasteiger partial charge on any atom is -0.310 e. The zero-order valence-electron chi connectivity index (χ0n) is 27.0. The van der Waals surface area contributed by atoms with Crippen LogP contribution in [0, 0.1) is 13.8 Å². The smallest absolute Gasteiger partial charge is 0.0726 e. The van der Waals surface area contributed by atoms with E-state index in [2.05, 4.69) is 183 Å². The molecule has 0 atom stereocenters. The Morgan fingerprint density at radius 3 is 1.52 bits per heavy atom. The molecule has 0 saturated heterocycles. The monoisotopic (exact) mass is 611 g/mol. The molecule has 1 spiro atoms. The van der Waals surface area contributed by atoms with Crippen molar-refractivity contribution in [3.05, 3.63) is 197 Å². The SMILES string of the molecule is Cc1ccc(N(c2ccc(C)cc2)c2cc3c(c4ccccc24)-c2c(ccc4ccccc24)C32c3ccccc3-c3ccccc32)cc1. The third-order valence-electron chi connectivity index (χ3n) is 10.8. The summed E-state index contributed by atoms with van der Waals surface area (Å²) in [6.45, 7) is 4.32. The summed E-state index contributed by atoms with van der Waals surface area (Å²) in [6.07, 6.45) is 0. The fourth-order valence-corrected chi connectivity index (χ4v) is 8.74. The molecule has 0 amide bonds. The maximum absolute atomic E-state index is 2.53. The number of fused-ring (bicyclic) bond motifs is 14. The van der Waals surface area contributed by atoms with Crippen LogP contribution in [-0.4, -0.2) is 0 Å². The topological polar surface area (TPSA) is 3.24 Å². The van der Waals surface area contributed by atoms with Gasteiger partial charge in [-0.05, 0) is 105 Å². The van der Waals surface area contributed by atoms with Crippen molar-refractivity contribution in [2.45, 2.75) is 19.3 Å². The van der Waals surface area contributed by atoms with E-state index in [-0.39, 0.29) is 0 Å². The summed E-state index contributed by atoms with van der Waals surface area (Å²) in [5, 5.41) is 5.10. The molecular formula is C47H33N. The minimum absolute atomic E-state index is 0.451. The van der Waals surface area contributed by atoms with Crippen LogP contribution in [0.15, 0.2) is 164 Å². The average Bonchev–Trinajstić information content (AvgIpc) is 3.61. The van der Waals surface area contributed by atoms with Gasteiger partial charge in [-0.1, -0.05) is 145 Å². The van der Waals surface area contributed by atoms with Crippen LogP contribution in [-0.2, 0) is 5.41 Å². The molecule has 48 heavy (non-hydrogen) atoms. The Labute approximate surface area is 281 Å². The van der Waals surface area contributed by atoms with Gasteiger partial charge in [-0.25, -0.2) is 0 Å². The van der Waals surface area contributed by atoms with Crippen LogP contribution in [0.5, 0.6) is 0 Å². The third kappa shape index (κ3) is 3.56. The number of rotatable bonds is 3. The maximum atomic E-state index is 2.53. The van der Waals surface area contributed by atoms with Crippen LogP contribution in [0.3, 0.4) is 0 Å². The van der Waals surface area contributed by atoms with Gasteiger partial charge >= 0.3 is 0 Å². The maximum Gasteiger partial charge on any atom is 0.0726 e. The van der Waals surface area contributed by atoms with Crippen LogP contribution in [0.25, 0.3) is 43.8 Å². The minimum atomic E-state index is -0.451. The highest BCUT2D eigenvalue weighted by Gasteiger charge is 2.52. The lowest BCUT2D eigenvalue weighted by Gasteiger charge is -2.33. The fraction of sp³-hybridized carbons (Fsp3) is 0.0638. The van der Waals surface area contributed by atoms with Gasteiger partial charge in [0.15, 0.2) is 0 Å². The van der Waals surface area contributed by atoms with Crippen molar-refractivity contribution >= 4 is 38.6 Å². The standard InChI is InChI=1S/C47H33N/c1-30-19-24-33(25-20-30)48(34-26-21-31(2)22-27-34)44-29-43-46(39-16-6-5-15-38(39)44)45-35-12-4-3-11-32(35)23-28-42(45)47(43)40-17-9-7-13-36(40)37-14-8-10-18-41(37)47/h3-29H,1-2H3. The Bertz CT molecular complexity index is 2480. The van der Waals surface area contributed by atoms with Crippen molar-refractivity contribution in [1.29, 1.82) is 0 Å². The number of nitrogens with zero attached hydrogens (tertiary/aromatic N) is 1. The molecule has 0 aromatic heterocycles. The predicted octanol–water partition coefficient (Wildman–Crippen LogP) is 12.4. The molecule has 0 unspecified atom stereocenters. The lowest BCUT2D eigenvalue weighted by Crippen LogP contribution is -2.26. The van der Waals surface area contributed by atoms with Crippen molar-refractivity contribution in [3.63, 3.8) is 0 Å². The zero-order valence-corrected chi connectivity index (χ0v) is 27.0. The predicted molar refractivity (Wildman–Crippen MR) is 202 cm³/mol. The molecule has 0 fully saturated rings. The molecule has 0 N–H and O–H groups in total. The highest BCUT2D eigenvalue weighted by Crippen LogP contribution is 2.65. The highest BCUT2D eigenvalue weighted by atomic mass is 15.1. The van der Waals surface area contributed by atoms with E-state index >= 15 is 0 Å². The van der Waals surface area contributed by atoms with Crippen LogP contribution in [0.1, 0.15) is 33.4 Å². The largest absolute Gasteiger partial charge is 0.310 e. The molecule has 0 aliphatic heterocycles. The fourth-order valence-electron chi connectivity index (χ4n) is 8.74. The second-order valence-corrected chi connectivity index (χ2v) is 13.4. The van der Waals surface area contributed by atoms with Gasteiger partial charge in [-0.3, -0.25) is 0 Å². The molecule has 8 aromatic rings. The van der Waals surface area contributed by atoms with Gasteiger partial charge in [0.1, 0.15) is 0 Å². The van der Waals surface area contributed by atoms with E-state index in [9.17, 15) is 0 Å². The Balaban J connectivity index is 1.41. The van der Waals surface area contributed by atoms with E-state index in [1.54, 1.807) is 0 Å². The number of aryl methyl sites for hydroxylation is 2. The molecule has 0 heterocycles. The van der Waals surface area contributed by atoms with Gasteiger partial charge in [0, 0.05) is 16.8 Å². The lowest BCUT2D eigenvalue weighted by molar-refractivity contribution is 0.795. The molecule has 0 radical (unpaired) electrons. The van der Waals surface area contributed by atoms with Gasteiger partial charge in [0.25, 0.3) is 0 Å². The molecule has 1 heteroatoms. The molecule has 2 aliphatic carbocycles. The zero-order chi connectivity index (χ0) is 32.0. The van der Waals surface area contributed by atoms with Crippen LogP contribution < -0.4 is 4.90 Å². The molecule has 10 rings (SSSR count). The quantitative estimate of drug-likeness (QED) is 0.192. The van der Waals surface area contributed by atoms with Crippen LogP contribution in [0.4, 0.5) is 17.1 Å². The average molecular weight is 612 g/mol. The summed E-state index contributed by atoms with van der Waals surface area (Å²) in [4.78, 5) is 2.46. The first-order valence-electron chi connectivity index (χ1n) is 16.9. The van der Waals surface area contributed by atoms with Crippen LogP contribution in [0.2, 0.25) is 0 Å². The third-order valence-corrected chi connectivity index (χ3v) is 10.8. The Morgan fingerprint density at radius 1 is 0.396 bits per heavy atom. The molecule has 1 nitrogen and oxygen atoms in total. The van der Waals surface area contributed by atoms with Crippen molar-refractivity contribution in [2.75, 3.05) is 4.90 Å². The number of hydrogen-bond donors (Lipinski definition) is 0. The van der Waals surface area contributed by atoms with Crippen molar-refractivity contribution in [2.24, 2.45) is 0 Å².